The summed E-state index contributed by atoms with van der Waals surface area (Å²) in [6.07, 6.45) is 8.06. The Morgan fingerprint density at radius 1 is 1.24 bits per heavy atom. The number of hydrogen-bond acceptors (Lipinski definition) is 2. The Morgan fingerprint density at radius 2 is 2.06 bits per heavy atom. The van der Waals surface area contributed by atoms with E-state index in [0.29, 0.717) is 5.56 Å². The van der Waals surface area contributed by atoms with Crippen LogP contribution in [0.5, 0.6) is 0 Å². The molecule has 1 aliphatic heterocycles. The fourth-order valence-electron chi connectivity index (χ4n) is 2.15. The van der Waals surface area contributed by atoms with Crippen LogP contribution in [0.25, 0.3) is 5.70 Å². The second-order valence-corrected chi connectivity index (χ2v) is 4.07. The van der Waals surface area contributed by atoms with E-state index in [1.165, 1.54) is 5.69 Å². The predicted octanol–water partition coefficient (Wildman–Crippen LogP) is 2.59. The molecule has 0 saturated heterocycles. The van der Waals surface area contributed by atoms with Gasteiger partial charge in [0.15, 0.2) is 0 Å². The zero-order valence-electron chi connectivity index (χ0n) is 9.30. The molecule has 0 aliphatic carbocycles. The quantitative estimate of drug-likeness (QED) is 0.742. The SMILES string of the molecule is N#Cc1ccc(C2=CCCc3cncn32)cc1. The molecule has 0 saturated carbocycles. The lowest BCUT2D eigenvalue weighted by atomic mass is 10.0. The summed E-state index contributed by atoms with van der Waals surface area (Å²) in [6.45, 7) is 0. The fourth-order valence-corrected chi connectivity index (χ4v) is 2.15. The summed E-state index contributed by atoms with van der Waals surface area (Å²) in [5, 5.41) is 8.78. The molecule has 3 rings (SSSR count). The zero-order chi connectivity index (χ0) is 11.7. The Balaban J connectivity index is 2.05. The first-order chi connectivity index (χ1) is 8.38. The minimum atomic E-state index is 0.691. The maximum atomic E-state index is 8.78. The molecule has 0 atom stereocenters. The van der Waals surface area contributed by atoms with Crippen LogP contribution in [0.1, 0.15) is 23.2 Å². The van der Waals surface area contributed by atoms with Crippen molar-refractivity contribution < 1.29 is 0 Å². The molecule has 3 nitrogen and oxygen atoms in total. The predicted molar refractivity (Wildman–Crippen MR) is 65.1 cm³/mol. The Bertz CT molecular complexity index is 612. The van der Waals surface area contributed by atoms with Crippen LogP contribution in [-0.4, -0.2) is 9.55 Å². The average molecular weight is 221 g/mol. The van der Waals surface area contributed by atoms with E-state index in [1.54, 1.807) is 0 Å². The molecule has 2 heterocycles. The van der Waals surface area contributed by atoms with Crippen LogP contribution >= 0.6 is 0 Å². The van der Waals surface area contributed by atoms with E-state index < -0.39 is 0 Å². The Morgan fingerprint density at radius 3 is 2.82 bits per heavy atom. The van der Waals surface area contributed by atoms with Crippen molar-refractivity contribution in [2.24, 2.45) is 0 Å². The molecule has 0 amide bonds. The van der Waals surface area contributed by atoms with Crippen molar-refractivity contribution in [2.45, 2.75) is 12.8 Å². The molecule has 0 fully saturated rings. The molecule has 2 aromatic rings. The lowest BCUT2D eigenvalue weighted by molar-refractivity contribution is 0.856. The summed E-state index contributed by atoms with van der Waals surface area (Å²) in [5.41, 5.74) is 4.22. The lowest BCUT2D eigenvalue weighted by Gasteiger charge is -2.17. The highest BCUT2D eigenvalue weighted by molar-refractivity contribution is 5.68. The molecule has 1 aliphatic rings. The number of allylic oxidation sites excluding steroid dienone is 1. The van der Waals surface area contributed by atoms with Crippen molar-refractivity contribution in [1.29, 1.82) is 5.26 Å². The molecule has 82 valence electrons. The van der Waals surface area contributed by atoms with Gasteiger partial charge < -0.3 is 4.57 Å². The molecule has 17 heavy (non-hydrogen) atoms. The number of aromatic nitrogens is 2. The van der Waals surface area contributed by atoms with Gasteiger partial charge in [-0.25, -0.2) is 4.98 Å². The van der Waals surface area contributed by atoms with Gasteiger partial charge in [-0.1, -0.05) is 18.2 Å². The van der Waals surface area contributed by atoms with Crippen LogP contribution in [0.3, 0.4) is 0 Å². The van der Waals surface area contributed by atoms with Gasteiger partial charge in [0.05, 0.1) is 23.7 Å². The standard InChI is InChI=1S/C14H11N3/c15-8-11-4-6-12(7-5-11)14-3-1-2-13-9-16-10-17(13)14/h3-7,9-10H,1-2H2. The maximum absolute atomic E-state index is 8.78. The van der Waals surface area contributed by atoms with Gasteiger partial charge in [0.2, 0.25) is 0 Å². The third-order valence-corrected chi connectivity index (χ3v) is 3.02. The summed E-state index contributed by atoms with van der Waals surface area (Å²) in [4.78, 5) is 4.18. The molecule has 1 aromatic carbocycles. The molecule has 0 spiro atoms. The number of nitrogens with zero attached hydrogens (tertiary/aromatic N) is 3. The van der Waals surface area contributed by atoms with Crippen LogP contribution in [-0.2, 0) is 6.42 Å². The normalized spacial score (nSPS) is 13.7. The van der Waals surface area contributed by atoms with E-state index in [4.69, 9.17) is 5.26 Å². The molecular weight excluding hydrogens is 210 g/mol. The van der Waals surface area contributed by atoms with Gasteiger partial charge in [-0.2, -0.15) is 5.26 Å². The minimum absolute atomic E-state index is 0.691. The lowest BCUT2D eigenvalue weighted by Crippen LogP contribution is -2.07. The van der Waals surface area contributed by atoms with Gasteiger partial charge in [0.1, 0.15) is 0 Å². The van der Waals surface area contributed by atoms with Gasteiger partial charge in [0, 0.05) is 11.9 Å². The summed E-state index contributed by atoms with van der Waals surface area (Å²) in [6, 6.07) is 9.80. The second kappa shape index (κ2) is 3.91. The molecule has 3 heteroatoms. The van der Waals surface area contributed by atoms with Crippen molar-refractivity contribution in [1.82, 2.24) is 9.55 Å². The van der Waals surface area contributed by atoms with Crippen molar-refractivity contribution in [2.75, 3.05) is 0 Å². The molecule has 1 aromatic heterocycles. The van der Waals surface area contributed by atoms with Crippen molar-refractivity contribution in [3.05, 3.63) is 59.7 Å². The highest BCUT2D eigenvalue weighted by atomic mass is 15.1. The Labute approximate surface area is 99.6 Å². The summed E-state index contributed by atoms with van der Waals surface area (Å²) in [7, 11) is 0. The molecular formula is C14H11N3. The number of hydrogen-bond donors (Lipinski definition) is 0. The third kappa shape index (κ3) is 1.64. The van der Waals surface area contributed by atoms with E-state index in [2.05, 4.69) is 21.7 Å². The van der Waals surface area contributed by atoms with Gasteiger partial charge in [-0.15, -0.1) is 0 Å². The molecule has 0 radical (unpaired) electrons. The van der Waals surface area contributed by atoms with Crippen LogP contribution < -0.4 is 0 Å². The topological polar surface area (TPSA) is 41.6 Å². The monoisotopic (exact) mass is 221 g/mol. The average Bonchev–Trinajstić information content (AvgIpc) is 2.87. The zero-order valence-corrected chi connectivity index (χ0v) is 9.30. The largest absolute Gasteiger partial charge is 0.303 e. The van der Waals surface area contributed by atoms with E-state index in [9.17, 15) is 0 Å². The van der Waals surface area contributed by atoms with Crippen LogP contribution in [0.2, 0.25) is 0 Å². The maximum Gasteiger partial charge on any atom is 0.0994 e. The highest BCUT2D eigenvalue weighted by Gasteiger charge is 2.12. The van der Waals surface area contributed by atoms with Crippen LogP contribution in [0.15, 0.2) is 42.9 Å². The van der Waals surface area contributed by atoms with Crippen molar-refractivity contribution >= 4 is 5.70 Å². The summed E-state index contributed by atoms with van der Waals surface area (Å²) in [5.74, 6) is 0. The Kier molecular flexibility index (Phi) is 2.27. The highest BCUT2D eigenvalue weighted by Crippen LogP contribution is 2.24. The number of fused-ring (bicyclic) bond motifs is 1. The number of benzene rings is 1. The first-order valence-electron chi connectivity index (χ1n) is 5.61. The van der Waals surface area contributed by atoms with Gasteiger partial charge in [-0.05, 0) is 30.5 Å². The third-order valence-electron chi connectivity index (χ3n) is 3.02. The number of rotatable bonds is 1. The van der Waals surface area contributed by atoms with E-state index in [-0.39, 0.29) is 0 Å². The van der Waals surface area contributed by atoms with Crippen molar-refractivity contribution in [3.63, 3.8) is 0 Å². The van der Waals surface area contributed by atoms with E-state index in [1.807, 2.05) is 36.8 Å². The number of aryl methyl sites for hydroxylation is 1. The second-order valence-electron chi connectivity index (χ2n) is 4.07. The summed E-state index contributed by atoms with van der Waals surface area (Å²) < 4.78 is 2.12. The number of imidazole rings is 1. The smallest absolute Gasteiger partial charge is 0.0994 e. The molecule has 0 bridgehead atoms. The van der Waals surface area contributed by atoms with E-state index >= 15 is 0 Å². The molecule has 0 N–H and O–H groups in total. The fraction of sp³-hybridized carbons (Fsp3) is 0.143. The van der Waals surface area contributed by atoms with Crippen LogP contribution in [0.4, 0.5) is 0 Å². The van der Waals surface area contributed by atoms with Gasteiger partial charge >= 0.3 is 0 Å². The first-order valence-corrected chi connectivity index (χ1v) is 5.61. The minimum Gasteiger partial charge on any atom is -0.303 e. The molecule has 0 unspecified atom stereocenters. The van der Waals surface area contributed by atoms with Gasteiger partial charge in [0.25, 0.3) is 0 Å². The Hall–Kier alpha value is -2.34. The van der Waals surface area contributed by atoms with Gasteiger partial charge in [-0.3, -0.25) is 0 Å². The van der Waals surface area contributed by atoms with Crippen molar-refractivity contribution in [3.8, 4) is 6.07 Å². The van der Waals surface area contributed by atoms with E-state index in [0.717, 1.165) is 24.1 Å². The first kappa shape index (κ1) is 9.86. The van der Waals surface area contributed by atoms with Crippen LogP contribution in [0, 0.1) is 11.3 Å². The number of nitriles is 1. The summed E-state index contributed by atoms with van der Waals surface area (Å²) >= 11 is 0.